The molecule has 0 fully saturated rings. The smallest absolute Gasteiger partial charge is 0.262 e. The maximum Gasteiger partial charge on any atom is 0.262 e. The first-order valence-corrected chi connectivity index (χ1v) is 10.9. The standard InChI is InChI=1S/C22H19F3N2O4S/c1-14(13-31-21-10-9-16(23)12-19(21)25)26-22(28)15-5-4-6-17(11-15)32(29,30)27-20-8-3-2-7-18(20)24/h2-12,14,27H,13H2,1H3,(H,26,28). The number of carbonyl (C=O) groups is 1. The molecule has 0 aliphatic rings. The summed E-state index contributed by atoms with van der Waals surface area (Å²) in [5.74, 6) is -3.11. The molecule has 3 aromatic carbocycles. The van der Waals surface area contributed by atoms with Crippen molar-refractivity contribution in [2.75, 3.05) is 11.3 Å². The van der Waals surface area contributed by atoms with Gasteiger partial charge in [-0.1, -0.05) is 18.2 Å². The second kappa shape index (κ2) is 9.73. The summed E-state index contributed by atoms with van der Waals surface area (Å²) >= 11 is 0. The second-order valence-electron chi connectivity index (χ2n) is 6.87. The summed E-state index contributed by atoms with van der Waals surface area (Å²) in [6.45, 7) is 1.49. The molecule has 6 nitrogen and oxygen atoms in total. The molecule has 0 spiro atoms. The van der Waals surface area contributed by atoms with Crippen LogP contribution in [-0.4, -0.2) is 27.0 Å². The van der Waals surface area contributed by atoms with E-state index in [1.165, 1.54) is 36.4 Å². The summed E-state index contributed by atoms with van der Waals surface area (Å²) in [6, 6.07) is 12.8. The average molecular weight is 464 g/mol. The summed E-state index contributed by atoms with van der Waals surface area (Å²) in [4.78, 5) is 12.3. The molecular formula is C22H19F3N2O4S. The Bertz CT molecular complexity index is 1240. The van der Waals surface area contributed by atoms with Crippen LogP contribution >= 0.6 is 0 Å². The van der Waals surface area contributed by atoms with Crippen LogP contribution in [0.3, 0.4) is 0 Å². The van der Waals surface area contributed by atoms with Crippen LogP contribution in [0.5, 0.6) is 5.75 Å². The molecular weight excluding hydrogens is 445 g/mol. The van der Waals surface area contributed by atoms with Gasteiger partial charge in [0.25, 0.3) is 15.9 Å². The molecule has 3 aromatic rings. The zero-order valence-corrected chi connectivity index (χ0v) is 17.6. The Kier molecular flexibility index (Phi) is 7.04. The summed E-state index contributed by atoms with van der Waals surface area (Å²) in [5.41, 5.74) is -0.178. The number of ether oxygens (including phenoxy) is 1. The van der Waals surface area contributed by atoms with Gasteiger partial charge in [0.15, 0.2) is 11.6 Å². The maximum absolute atomic E-state index is 13.8. The van der Waals surface area contributed by atoms with Gasteiger partial charge < -0.3 is 10.1 Å². The van der Waals surface area contributed by atoms with Gasteiger partial charge in [-0.3, -0.25) is 9.52 Å². The number of sulfonamides is 1. The third-order valence-electron chi connectivity index (χ3n) is 4.28. The van der Waals surface area contributed by atoms with E-state index in [1.54, 1.807) is 6.92 Å². The molecule has 1 unspecified atom stereocenters. The summed E-state index contributed by atoms with van der Waals surface area (Å²) in [6.07, 6.45) is 0. The van der Waals surface area contributed by atoms with E-state index in [2.05, 4.69) is 10.0 Å². The zero-order valence-electron chi connectivity index (χ0n) is 16.8. The first-order valence-electron chi connectivity index (χ1n) is 9.42. The molecule has 10 heteroatoms. The van der Waals surface area contributed by atoms with Gasteiger partial charge >= 0.3 is 0 Å². The number of anilines is 1. The van der Waals surface area contributed by atoms with Crippen molar-refractivity contribution in [2.24, 2.45) is 0 Å². The van der Waals surface area contributed by atoms with Gasteiger partial charge in [-0.2, -0.15) is 0 Å². The first-order chi connectivity index (χ1) is 15.2. The maximum atomic E-state index is 13.8. The molecule has 3 rings (SSSR count). The van der Waals surface area contributed by atoms with Crippen LogP contribution in [0.25, 0.3) is 0 Å². The van der Waals surface area contributed by atoms with Crippen molar-refractivity contribution in [1.82, 2.24) is 5.32 Å². The fraction of sp³-hybridized carbons (Fsp3) is 0.136. The number of hydrogen-bond donors (Lipinski definition) is 2. The van der Waals surface area contributed by atoms with Gasteiger partial charge in [0, 0.05) is 11.6 Å². The highest BCUT2D eigenvalue weighted by atomic mass is 32.2. The molecule has 0 radical (unpaired) electrons. The number of hydrogen-bond acceptors (Lipinski definition) is 4. The molecule has 0 aromatic heterocycles. The molecule has 168 valence electrons. The number of amides is 1. The number of para-hydroxylation sites is 1. The molecule has 0 saturated heterocycles. The Balaban J connectivity index is 1.66. The van der Waals surface area contributed by atoms with Crippen LogP contribution in [0.2, 0.25) is 0 Å². The summed E-state index contributed by atoms with van der Waals surface area (Å²) in [5, 5.41) is 2.60. The molecule has 32 heavy (non-hydrogen) atoms. The largest absolute Gasteiger partial charge is 0.488 e. The number of benzene rings is 3. The lowest BCUT2D eigenvalue weighted by Gasteiger charge is -2.16. The first kappa shape index (κ1) is 23.1. The van der Waals surface area contributed by atoms with Crippen LogP contribution in [0.1, 0.15) is 17.3 Å². The highest BCUT2D eigenvalue weighted by Gasteiger charge is 2.19. The molecule has 0 aliphatic carbocycles. The number of carbonyl (C=O) groups excluding carboxylic acids is 1. The van der Waals surface area contributed by atoms with Crippen molar-refractivity contribution in [1.29, 1.82) is 0 Å². The van der Waals surface area contributed by atoms with Crippen molar-refractivity contribution < 1.29 is 31.1 Å². The van der Waals surface area contributed by atoms with E-state index >= 15 is 0 Å². The van der Waals surface area contributed by atoms with E-state index in [0.717, 1.165) is 24.3 Å². The normalized spacial score (nSPS) is 12.1. The number of nitrogens with one attached hydrogen (secondary N) is 2. The highest BCUT2D eigenvalue weighted by molar-refractivity contribution is 7.92. The van der Waals surface area contributed by atoms with Gasteiger partial charge in [0.2, 0.25) is 0 Å². The highest BCUT2D eigenvalue weighted by Crippen LogP contribution is 2.20. The second-order valence-corrected chi connectivity index (χ2v) is 8.56. The van der Waals surface area contributed by atoms with Crippen LogP contribution < -0.4 is 14.8 Å². The van der Waals surface area contributed by atoms with Crippen molar-refractivity contribution in [3.8, 4) is 5.75 Å². The Hall–Kier alpha value is -3.53. The lowest BCUT2D eigenvalue weighted by atomic mass is 10.2. The van der Waals surface area contributed by atoms with Crippen LogP contribution in [0.4, 0.5) is 18.9 Å². The molecule has 0 heterocycles. The predicted octanol–water partition coefficient (Wildman–Crippen LogP) is 4.10. The summed E-state index contributed by atoms with van der Waals surface area (Å²) < 4.78 is 72.9. The third-order valence-corrected chi connectivity index (χ3v) is 5.65. The molecule has 0 bridgehead atoms. The van der Waals surface area contributed by atoms with Gasteiger partial charge in [0.05, 0.1) is 16.6 Å². The Morgan fingerprint density at radius 2 is 1.72 bits per heavy atom. The quantitative estimate of drug-likeness (QED) is 0.526. The topological polar surface area (TPSA) is 84.5 Å². The molecule has 2 N–H and O–H groups in total. The lowest BCUT2D eigenvalue weighted by Crippen LogP contribution is -2.37. The van der Waals surface area contributed by atoms with Crippen molar-refractivity contribution in [3.63, 3.8) is 0 Å². The summed E-state index contributed by atoms with van der Waals surface area (Å²) in [7, 11) is -4.14. The number of rotatable bonds is 8. The SMILES string of the molecule is CC(COc1ccc(F)cc1F)NC(=O)c1cccc(S(=O)(=O)Nc2ccccc2F)c1. The number of halogens is 3. The van der Waals surface area contributed by atoms with Crippen LogP contribution in [0.15, 0.2) is 71.6 Å². The van der Waals surface area contributed by atoms with Gasteiger partial charge in [-0.25, -0.2) is 21.6 Å². The Labute approximate surface area is 183 Å². The minimum absolute atomic E-state index is 0.0428. The van der Waals surface area contributed by atoms with Crippen LogP contribution in [-0.2, 0) is 10.0 Å². The molecule has 1 amide bonds. The fourth-order valence-corrected chi connectivity index (χ4v) is 3.82. The van der Waals surface area contributed by atoms with Crippen molar-refractivity contribution >= 4 is 21.6 Å². The van der Waals surface area contributed by atoms with Crippen molar-refractivity contribution in [3.05, 3.63) is 89.7 Å². The molecule has 0 saturated carbocycles. The van der Waals surface area contributed by atoms with Crippen LogP contribution in [0, 0.1) is 17.5 Å². The Morgan fingerprint density at radius 1 is 0.969 bits per heavy atom. The molecule has 1 atom stereocenters. The third kappa shape index (κ3) is 5.79. The van der Waals surface area contributed by atoms with E-state index in [0.29, 0.717) is 6.07 Å². The van der Waals surface area contributed by atoms with Gasteiger partial charge in [-0.15, -0.1) is 0 Å². The van der Waals surface area contributed by atoms with Crippen molar-refractivity contribution in [2.45, 2.75) is 17.9 Å². The molecule has 0 aliphatic heterocycles. The fourth-order valence-electron chi connectivity index (χ4n) is 2.71. The zero-order chi connectivity index (χ0) is 23.3. The minimum Gasteiger partial charge on any atom is -0.488 e. The van der Waals surface area contributed by atoms with E-state index in [4.69, 9.17) is 4.74 Å². The minimum atomic E-state index is -4.14. The van der Waals surface area contributed by atoms with Gasteiger partial charge in [-0.05, 0) is 49.4 Å². The van der Waals surface area contributed by atoms with E-state index < -0.39 is 39.4 Å². The average Bonchev–Trinajstić information content (AvgIpc) is 2.75. The van der Waals surface area contributed by atoms with E-state index in [-0.39, 0.29) is 28.5 Å². The predicted molar refractivity (Wildman–Crippen MR) is 112 cm³/mol. The van der Waals surface area contributed by atoms with E-state index in [9.17, 15) is 26.4 Å². The Morgan fingerprint density at radius 3 is 2.44 bits per heavy atom. The van der Waals surface area contributed by atoms with Gasteiger partial charge in [0.1, 0.15) is 18.2 Å². The lowest BCUT2D eigenvalue weighted by molar-refractivity contribution is 0.0926. The van der Waals surface area contributed by atoms with E-state index in [1.807, 2.05) is 0 Å². The monoisotopic (exact) mass is 464 g/mol.